The second-order valence-corrected chi connectivity index (χ2v) is 5.12. The lowest BCUT2D eigenvalue weighted by Crippen LogP contribution is -2.35. The summed E-state index contributed by atoms with van der Waals surface area (Å²) in [4.78, 5) is 4.26. The second-order valence-electron chi connectivity index (χ2n) is 5.12. The fraction of sp³-hybridized carbons (Fsp3) is 0.643. The van der Waals surface area contributed by atoms with E-state index < -0.39 is 0 Å². The van der Waals surface area contributed by atoms with Crippen LogP contribution in [0.2, 0.25) is 0 Å². The standard InChI is InChI=1S/C14H22N2O2/c1-10(2)18-14-11(5-4-8-15-14)9-16-12-6-3-7-13(12)17/h4-5,8,10,12-13,16-17H,3,6-7,9H2,1-2H3/t12-,13-/m0/s1. The summed E-state index contributed by atoms with van der Waals surface area (Å²) in [5, 5.41) is 13.2. The zero-order valence-electron chi connectivity index (χ0n) is 11.1. The minimum Gasteiger partial charge on any atom is -0.475 e. The van der Waals surface area contributed by atoms with Crippen LogP contribution in [0.4, 0.5) is 0 Å². The first-order chi connectivity index (χ1) is 8.66. The van der Waals surface area contributed by atoms with Crippen molar-refractivity contribution in [2.45, 2.75) is 57.9 Å². The molecule has 4 nitrogen and oxygen atoms in total. The Kier molecular flexibility index (Phi) is 4.55. The van der Waals surface area contributed by atoms with Crippen molar-refractivity contribution in [3.8, 4) is 5.88 Å². The fourth-order valence-corrected chi connectivity index (χ4v) is 2.31. The molecular formula is C14H22N2O2. The van der Waals surface area contributed by atoms with Gasteiger partial charge in [0.15, 0.2) is 0 Å². The molecule has 0 radical (unpaired) electrons. The van der Waals surface area contributed by atoms with Crippen molar-refractivity contribution in [1.82, 2.24) is 10.3 Å². The monoisotopic (exact) mass is 250 g/mol. The van der Waals surface area contributed by atoms with Crippen molar-refractivity contribution in [3.05, 3.63) is 23.9 Å². The molecule has 0 amide bonds. The van der Waals surface area contributed by atoms with Gasteiger partial charge in [-0.1, -0.05) is 6.07 Å². The molecule has 1 aliphatic rings. The summed E-state index contributed by atoms with van der Waals surface area (Å²) in [6, 6.07) is 4.13. The number of hydrogen-bond acceptors (Lipinski definition) is 4. The molecule has 1 aromatic rings. The third-order valence-electron chi connectivity index (χ3n) is 3.23. The fourth-order valence-electron chi connectivity index (χ4n) is 2.31. The third-order valence-corrected chi connectivity index (χ3v) is 3.23. The van der Waals surface area contributed by atoms with E-state index in [2.05, 4.69) is 10.3 Å². The van der Waals surface area contributed by atoms with E-state index in [-0.39, 0.29) is 18.2 Å². The summed E-state index contributed by atoms with van der Waals surface area (Å²) < 4.78 is 5.67. The molecule has 0 saturated heterocycles. The Balaban J connectivity index is 1.95. The predicted molar refractivity (Wildman–Crippen MR) is 70.5 cm³/mol. The Hall–Kier alpha value is -1.13. The van der Waals surface area contributed by atoms with Crippen molar-refractivity contribution < 1.29 is 9.84 Å². The van der Waals surface area contributed by atoms with Crippen LogP contribution < -0.4 is 10.1 Å². The van der Waals surface area contributed by atoms with E-state index in [9.17, 15) is 5.11 Å². The lowest BCUT2D eigenvalue weighted by molar-refractivity contribution is 0.148. The van der Waals surface area contributed by atoms with Gasteiger partial charge in [0.25, 0.3) is 0 Å². The Morgan fingerprint density at radius 1 is 1.50 bits per heavy atom. The van der Waals surface area contributed by atoms with E-state index in [0.717, 1.165) is 24.8 Å². The molecule has 1 aromatic heterocycles. The SMILES string of the molecule is CC(C)Oc1ncccc1CN[C@H]1CCC[C@@H]1O. The van der Waals surface area contributed by atoms with Gasteiger partial charge in [-0.15, -0.1) is 0 Å². The number of aliphatic hydroxyl groups excluding tert-OH is 1. The average molecular weight is 250 g/mol. The first-order valence-corrected chi connectivity index (χ1v) is 6.69. The van der Waals surface area contributed by atoms with Gasteiger partial charge in [-0.2, -0.15) is 0 Å². The van der Waals surface area contributed by atoms with Crippen molar-refractivity contribution >= 4 is 0 Å². The minimum atomic E-state index is -0.212. The summed E-state index contributed by atoms with van der Waals surface area (Å²) in [7, 11) is 0. The smallest absolute Gasteiger partial charge is 0.218 e. The molecule has 0 aliphatic heterocycles. The molecule has 0 bridgehead atoms. The van der Waals surface area contributed by atoms with E-state index in [0.29, 0.717) is 12.4 Å². The maximum atomic E-state index is 9.77. The van der Waals surface area contributed by atoms with Crippen molar-refractivity contribution in [2.24, 2.45) is 0 Å². The molecule has 1 fully saturated rings. The molecule has 2 N–H and O–H groups in total. The van der Waals surface area contributed by atoms with Gasteiger partial charge in [-0.25, -0.2) is 4.98 Å². The molecule has 2 atom stereocenters. The summed E-state index contributed by atoms with van der Waals surface area (Å²) in [5.74, 6) is 0.687. The van der Waals surface area contributed by atoms with Gasteiger partial charge in [0.1, 0.15) is 0 Å². The highest BCUT2D eigenvalue weighted by Gasteiger charge is 2.24. The second kappa shape index (κ2) is 6.16. The van der Waals surface area contributed by atoms with E-state index in [1.807, 2.05) is 26.0 Å². The van der Waals surface area contributed by atoms with Crippen LogP contribution in [0, 0.1) is 0 Å². The van der Waals surface area contributed by atoms with Crippen LogP contribution in [0.15, 0.2) is 18.3 Å². The van der Waals surface area contributed by atoms with Crippen LogP contribution in [-0.2, 0) is 6.54 Å². The average Bonchev–Trinajstić information content (AvgIpc) is 2.73. The van der Waals surface area contributed by atoms with Gasteiger partial charge < -0.3 is 15.2 Å². The van der Waals surface area contributed by atoms with Gasteiger partial charge in [-0.05, 0) is 39.2 Å². The minimum absolute atomic E-state index is 0.121. The Morgan fingerprint density at radius 2 is 2.33 bits per heavy atom. The summed E-state index contributed by atoms with van der Waals surface area (Å²) in [6.45, 7) is 4.68. The largest absolute Gasteiger partial charge is 0.475 e. The topological polar surface area (TPSA) is 54.4 Å². The van der Waals surface area contributed by atoms with Crippen molar-refractivity contribution in [1.29, 1.82) is 0 Å². The highest BCUT2D eigenvalue weighted by atomic mass is 16.5. The number of ether oxygens (including phenoxy) is 1. The highest BCUT2D eigenvalue weighted by molar-refractivity contribution is 5.25. The molecule has 100 valence electrons. The lowest BCUT2D eigenvalue weighted by Gasteiger charge is -2.18. The highest BCUT2D eigenvalue weighted by Crippen LogP contribution is 2.21. The number of nitrogens with zero attached hydrogens (tertiary/aromatic N) is 1. The van der Waals surface area contributed by atoms with Gasteiger partial charge in [0.2, 0.25) is 5.88 Å². The molecule has 1 aliphatic carbocycles. The van der Waals surface area contributed by atoms with Gasteiger partial charge >= 0.3 is 0 Å². The maximum Gasteiger partial charge on any atom is 0.218 e. The molecular weight excluding hydrogens is 228 g/mol. The summed E-state index contributed by atoms with van der Waals surface area (Å²) in [5.41, 5.74) is 1.05. The Bertz CT molecular complexity index is 382. The number of rotatable bonds is 5. The van der Waals surface area contributed by atoms with Crippen LogP contribution in [-0.4, -0.2) is 28.3 Å². The first kappa shape index (κ1) is 13.3. The number of nitrogens with one attached hydrogen (secondary N) is 1. The zero-order chi connectivity index (χ0) is 13.0. The normalized spacial score (nSPS) is 23.6. The number of aliphatic hydroxyl groups is 1. The third kappa shape index (κ3) is 3.43. The molecule has 1 saturated carbocycles. The van der Waals surface area contributed by atoms with Crippen LogP contribution in [0.3, 0.4) is 0 Å². The number of hydrogen-bond donors (Lipinski definition) is 2. The molecule has 0 unspecified atom stereocenters. The van der Waals surface area contributed by atoms with E-state index in [1.54, 1.807) is 6.20 Å². The Morgan fingerprint density at radius 3 is 3.00 bits per heavy atom. The quantitative estimate of drug-likeness (QED) is 0.837. The van der Waals surface area contributed by atoms with Gasteiger partial charge in [-0.3, -0.25) is 0 Å². The molecule has 0 spiro atoms. The van der Waals surface area contributed by atoms with E-state index >= 15 is 0 Å². The van der Waals surface area contributed by atoms with E-state index in [1.165, 1.54) is 0 Å². The number of aromatic nitrogens is 1. The van der Waals surface area contributed by atoms with Crippen molar-refractivity contribution in [3.63, 3.8) is 0 Å². The van der Waals surface area contributed by atoms with Crippen molar-refractivity contribution in [2.75, 3.05) is 0 Å². The first-order valence-electron chi connectivity index (χ1n) is 6.69. The Labute approximate surface area is 108 Å². The van der Waals surface area contributed by atoms with Crippen LogP contribution in [0.1, 0.15) is 38.7 Å². The maximum absolute atomic E-state index is 9.77. The molecule has 0 aromatic carbocycles. The van der Waals surface area contributed by atoms with Crippen LogP contribution in [0.25, 0.3) is 0 Å². The lowest BCUT2D eigenvalue weighted by atomic mass is 10.2. The molecule has 18 heavy (non-hydrogen) atoms. The predicted octanol–water partition coefficient (Wildman–Crippen LogP) is 1.87. The molecule has 4 heteroatoms. The number of pyridine rings is 1. The molecule has 2 rings (SSSR count). The van der Waals surface area contributed by atoms with Gasteiger partial charge in [0.05, 0.1) is 12.2 Å². The van der Waals surface area contributed by atoms with Crippen LogP contribution >= 0.6 is 0 Å². The summed E-state index contributed by atoms with van der Waals surface area (Å²) in [6.07, 6.45) is 4.70. The van der Waals surface area contributed by atoms with E-state index in [4.69, 9.17) is 4.74 Å². The summed E-state index contributed by atoms with van der Waals surface area (Å²) >= 11 is 0. The van der Waals surface area contributed by atoms with Crippen LogP contribution in [0.5, 0.6) is 5.88 Å². The molecule has 1 heterocycles. The zero-order valence-corrected chi connectivity index (χ0v) is 11.1. The van der Waals surface area contributed by atoms with Gasteiger partial charge in [0, 0.05) is 24.3 Å².